The minimum absolute atomic E-state index is 0.293. The van der Waals surface area contributed by atoms with Crippen molar-refractivity contribution in [1.29, 1.82) is 0 Å². The Balaban J connectivity index is 2.65. The minimum atomic E-state index is -0.831. The van der Waals surface area contributed by atoms with Gasteiger partial charge >= 0.3 is 5.97 Å². The predicted molar refractivity (Wildman–Crippen MR) is 81.9 cm³/mol. The maximum absolute atomic E-state index is 12.1. The first-order chi connectivity index (χ1) is 9.85. The summed E-state index contributed by atoms with van der Waals surface area (Å²) in [5.41, 5.74) is 6.59. The average molecular weight is 295 g/mol. The second-order valence-electron chi connectivity index (χ2n) is 5.54. The third-order valence-electron chi connectivity index (χ3n) is 2.93. The van der Waals surface area contributed by atoms with Crippen molar-refractivity contribution >= 4 is 17.6 Å². The van der Waals surface area contributed by atoms with Crippen molar-refractivity contribution in [3.63, 3.8) is 0 Å². The Morgan fingerprint density at radius 1 is 1.38 bits per heavy atom. The molecule has 0 aromatic carbocycles. The van der Waals surface area contributed by atoms with Gasteiger partial charge in [-0.05, 0) is 25.3 Å². The Morgan fingerprint density at radius 3 is 2.62 bits per heavy atom. The molecule has 1 aromatic heterocycles. The van der Waals surface area contributed by atoms with Gasteiger partial charge in [-0.3, -0.25) is 4.79 Å². The number of aryl methyl sites for hydroxylation is 1. The zero-order valence-corrected chi connectivity index (χ0v) is 13.2. The number of hydrogen-bond acceptors (Lipinski definition) is 4. The van der Waals surface area contributed by atoms with Crippen molar-refractivity contribution in [2.24, 2.45) is 5.92 Å². The zero-order chi connectivity index (χ0) is 16.0. The number of anilines is 1. The van der Waals surface area contributed by atoms with Crippen LogP contribution in [0.1, 0.15) is 44.6 Å². The van der Waals surface area contributed by atoms with Gasteiger partial charge in [0.1, 0.15) is 5.69 Å². The number of rotatable bonds is 7. The van der Waals surface area contributed by atoms with E-state index in [0.717, 1.165) is 6.42 Å². The van der Waals surface area contributed by atoms with Crippen molar-refractivity contribution in [2.45, 2.75) is 46.8 Å². The van der Waals surface area contributed by atoms with Crippen LogP contribution in [0.25, 0.3) is 0 Å². The summed E-state index contributed by atoms with van der Waals surface area (Å²) in [7, 11) is 0. The van der Waals surface area contributed by atoms with Crippen LogP contribution < -0.4 is 11.1 Å². The second kappa shape index (κ2) is 7.71. The van der Waals surface area contributed by atoms with Crippen LogP contribution in [0.4, 0.5) is 5.69 Å². The van der Waals surface area contributed by atoms with Crippen LogP contribution >= 0.6 is 0 Å². The van der Waals surface area contributed by atoms with Gasteiger partial charge in [0.25, 0.3) is 5.91 Å². The lowest BCUT2D eigenvalue weighted by molar-refractivity contribution is -0.129. The number of ether oxygens (including phenoxy) is 1. The molecule has 0 saturated carbocycles. The number of hydrogen-bond donors (Lipinski definition) is 2. The molecule has 0 aliphatic carbocycles. The normalized spacial score (nSPS) is 12.2. The third-order valence-corrected chi connectivity index (χ3v) is 2.93. The van der Waals surface area contributed by atoms with Crippen LogP contribution in [0.5, 0.6) is 0 Å². The van der Waals surface area contributed by atoms with Gasteiger partial charge < -0.3 is 20.4 Å². The Kier molecular flexibility index (Phi) is 6.27. The Bertz CT molecular complexity index is 494. The molecule has 118 valence electrons. The third kappa shape index (κ3) is 5.13. The lowest BCUT2D eigenvalue weighted by Gasteiger charge is -2.15. The number of nitrogens with two attached hydrogens (primary N) is 1. The first kappa shape index (κ1) is 17.1. The van der Waals surface area contributed by atoms with E-state index in [4.69, 9.17) is 10.5 Å². The Morgan fingerprint density at radius 2 is 2.05 bits per heavy atom. The highest BCUT2D eigenvalue weighted by Crippen LogP contribution is 2.13. The highest BCUT2D eigenvalue weighted by atomic mass is 16.5. The molecule has 1 amide bonds. The number of esters is 1. The zero-order valence-electron chi connectivity index (χ0n) is 13.2. The predicted octanol–water partition coefficient (Wildman–Crippen LogP) is 1.80. The standard InChI is InChI=1S/C15H25N3O3/c1-5-6-18-9-12(16)7-13(18)15(20)21-11(4)14(19)17-8-10(2)3/h7,9-11H,5-6,8,16H2,1-4H3,(H,17,19). The number of nitrogens with one attached hydrogen (secondary N) is 1. The summed E-state index contributed by atoms with van der Waals surface area (Å²) in [6, 6.07) is 1.57. The summed E-state index contributed by atoms with van der Waals surface area (Å²) in [6.45, 7) is 8.79. The summed E-state index contributed by atoms with van der Waals surface area (Å²) in [6.07, 6.45) is 1.74. The Labute approximate surface area is 125 Å². The summed E-state index contributed by atoms with van der Waals surface area (Å²) in [5, 5.41) is 2.74. The quantitative estimate of drug-likeness (QED) is 0.751. The largest absolute Gasteiger partial charge is 0.448 e. The fourth-order valence-corrected chi connectivity index (χ4v) is 1.85. The van der Waals surface area contributed by atoms with E-state index in [9.17, 15) is 9.59 Å². The molecule has 1 atom stereocenters. The van der Waals surface area contributed by atoms with Crippen LogP contribution in [0.2, 0.25) is 0 Å². The van der Waals surface area contributed by atoms with Crippen molar-refractivity contribution in [2.75, 3.05) is 12.3 Å². The van der Waals surface area contributed by atoms with Crippen molar-refractivity contribution in [1.82, 2.24) is 9.88 Å². The molecule has 1 unspecified atom stereocenters. The number of carbonyl (C=O) groups is 2. The second-order valence-corrected chi connectivity index (χ2v) is 5.54. The van der Waals surface area contributed by atoms with E-state index >= 15 is 0 Å². The molecule has 0 aliphatic rings. The molecule has 0 radical (unpaired) electrons. The van der Waals surface area contributed by atoms with Crippen molar-refractivity contribution < 1.29 is 14.3 Å². The SMILES string of the molecule is CCCn1cc(N)cc1C(=O)OC(C)C(=O)NCC(C)C. The van der Waals surface area contributed by atoms with Gasteiger partial charge in [0.2, 0.25) is 0 Å². The van der Waals surface area contributed by atoms with Crippen LogP contribution in [-0.4, -0.2) is 29.1 Å². The molecule has 0 aliphatic heterocycles. The van der Waals surface area contributed by atoms with E-state index in [0.29, 0.717) is 30.4 Å². The van der Waals surface area contributed by atoms with Gasteiger partial charge in [-0.25, -0.2) is 4.79 Å². The summed E-state index contributed by atoms with van der Waals surface area (Å²) >= 11 is 0. The molecule has 6 nitrogen and oxygen atoms in total. The molecule has 1 rings (SSSR count). The van der Waals surface area contributed by atoms with Gasteiger partial charge in [-0.1, -0.05) is 20.8 Å². The highest BCUT2D eigenvalue weighted by molar-refractivity contribution is 5.91. The lowest BCUT2D eigenvalue weighted by Crippen LogP contribution is -2.37. The molecule has 0 fully saturated rings. The van der Waals surface area contributed by atoms with E-state index in [1.165, 1.54) is 0 Å². The van der Waals surface area contributed by atoms with Gasteiger partial charge in [-0.2, -0.15) is 0 Å². The maximum atomic E-state index is 12.1. The van der Waals surface area contributed by atoms with Crippen LogP contribution in [0.15, 0.2) is 12.3 Å². The topological polar surface area (TPSA) is 86.3 Å². The van der Waals surface area contributed by atoms with Crippen molar-refractivity contribution in [3.05, 3.63) is 18.0 Å². The van der Waals surface area contributed by atoms with Crippen LogP contribution in [0.3, 0.4) is 0 Å². The van der Waals surface area contributed by atoms with Gasteiger partial charge in [-0.15, -0.1) is 0 Å². The molecule has 21 heavy (non-hydrogen) atoms. The number of carbonyl (C=O) groups excluding carboxylic acids is 2. The molecular weight excluding hydrogens is 270 g/mol. The van der Waals surface area contributed by atoms with Crippen LogP contribution in [-0.2, 0) is 16.1 Å². The van der Waals surface area contributed by atoms with E-state index < -0.39 is 12.1 Å². The van der Waals surface area contributed by atoms with E-state index in [1.54, 1.807) is 23.8 Å². The van der Waals surface area contributed by atoms with Crippen molar-refractivity contribution in [3.8, 4) is 0 Å². The number of nitrogens with zero attached hydrogens (tertiary/aromatic N) is 1. The molecule has 0 saturated heterocycles. The molecule has 1 aromatic rings. The molecule has 1 heterocycles. The number of amides is 1. The monoisotopic (exact) mass is 295 g/mol. The van der Waals surface area contributed by atoms with E-state index in [1.807, 2.05) is 20.8 Å². The molecule has 6 heteroatoms. The van der Waals surface area contributed by atoms with E-state index in [-0.39, 0.29) is 5.91 Å². The fraction of sp³-hybridized carbons (Fsp3) is 0.600. The molecule has 0 spiro atoms. The Hall–Kier alpha value is -1.98. The van der Waals surface area contributed by atoms with Gasteiger partial charge in [0, 0.05) is 19.3 Å². The maximum Gasteiger partial charge on any atom is 0.355 e. The number of aromatic nitrogens is 1. The van der Waals surface area contributed by atoms with Gasteiger partial charge in [0.05, 0.1) is 5.69 Å². The highest BCUT2D eigenvalue weighted by Gasteiger charge is 2.21. The fourth-order valence-electron chi connectivity index (χ4n) is 1.85. The molecular formula is C15H25N3O3. The van der Waals surface area contributed by atoms with Gasteiger partial charge in [0.15, 0.2) is 6.10 Å². The molecule has 3 N–H and O–H groups in total. The lowest BCUT2D eigenvalue weighted by atomic mass is 10.2. The van der Waals surface area contributed by atoms with Crippen LogP contribution in [0, 0.1) is 5.92 Å². The first-order valence-electron chi connectivity index (χ1n) is 7.29. The smallest absolute Gasteiger partial charge is 0.355 e. The first-order valence-corrected chi connectivity index (χ1v) is 7.29. The summed E-state index contributed by atoms with van der Waals surface area (Å²) < 4.78 is 6.95. The number of nitrogen functional groups attached to an aromatic ring is 1. The van der Waals surface area contributed by atoms with E-state index in [2.05, 4.69) is 5.32 Å². The summed E-state index contributed by atoms with van der Waals surface area (Å²) in [5.74, 6) is -0.482. The average Bonchev–Trinajstić information content (AvgIpc) is 2.77. The summed E-state index contributed by atoms with van der Waals surface area (Å²) in [4.78, 5) is 23.9. The molecule has 0 bridgehead atoms. The minimum Gasteiger partial charge on any atom is -0.448 e.